The molecular weight excluding hydrogens is 544 g/mol. The Kier molecular flexibility index (Phi) is 8.88. The molecule has 3 heterocycles. The molecule has 1 aliphatic rings. The highest BCUT2D eigenvalue weighted by Gasteiger charge is 2.20. The molecule has 11 heteroatoms. The van der Waals surface area contributed by atoms with E-state index in [4.69, 9.17) is 21.3 Å². The van der Waals surface area contributed by atoms with E-state index >= 15 is 0 Å². The van der Waals surface area contributed by atoms with E-state index in [9.17, 15) is 13.6 Å². The summed E-state index contributed by atoms with van der Waals surface area (Å²) in [5, 5.41) is 3.68. The molecule has 1 fully saturated rings. The van der Waals surface area contributed by atoms with E-state index in [0.717, 1.165) is 79.7 Å². The van der Waals surface area contributed by atoms with Crippen LogP contribution in [0.4, 0.5) is 14.5 Å². The largest absolute Gasteiger partial charge is 0.379 e. The lowest BCUT2D eigenvalue weighted by Crippen LogP contribution is -2.36. The van der Waals surface area contributed by atoms with Gasteiger partial charge in [-0.1, -0.05) is 18.2 Å². The predicted octanol–water partition coefficient (Wildman–Crippen LogP) is 6.11. The lowest BCUT2D eigenvalue weighted by atomic mass is 10.1. The van der Waals surface area contributed by atoms with Gasteiger partial charge in [-0.15, -0.1) is 11.3 Å². The molecule has 39 heavy (non-hydrogen) atoms. The van der Waals surface area contributed by atoms with Crippen LogP contribution in [0.3, 0.4) is 0 Å². The van der Waals surface area contributed by atoms with E-state index in [2.05, 4.69) is 20.2 Å². The van der Waals surface area contributed by atoms with Crippen molar-refractivity contribution in [2.24, 2.45) is 0 Å². The average molecular weight is 570 g/mol. The molecule has 7 nitrogen and oxygen atoms in total. The first-order valence-electron chi connectivity index (χ1n) is 12.6. The van der Waals surface area contributed by atoms with Crippen LogP contribution in [0.2, 0.25) is 5.28 Å². The van der Waals surface area contributed by atoms with Gasteiger partial charge < -0.3 is 10.1 Å². The molecule has 0 unspecified atom stereocenters. The lowest BCUT2D eigenvalue weighted by molar-refractivity contribution is 0.0372. The fraction of sp³-hybridized carbons (Fsp3) is 0.286. The number of hydrogen-bond donors (Lipinski definition) is 1. The molecule has 0 radical (unpaired) electrons. The number of nitrogens with one attached hydrogen (secondary N) is 1. The van der Waals surface area contributed by atoms with Crippen LogP contribution < -0.4 is 5.32 Å². The summed E-state index contributed by atoms with van der Waals surface area (Å²) in [4.78, 5) is 29.2. The molecule has 5 rings (SSSR count). The number of nitrogens with zero attached hydrogens (tertiary/aromatic N) is 4. The Labute approximate surface area is 233 Å². The Morgan fingerprint density at radius 3 is 2.59 bits per heavy atom. The van der Waals surface area contributed by atoms with Crippen molar-refractivity contribution >= 4 is 34.5 Å². The Hall–Kier alpha value is -3.31. The summed E-state index contributed by atoms with van der Waals surface area (Å²) in [6.45, 7) is 4.54. The second-order valence-corrected chi connectivity index (χ2v) is 10.5. The Bertz CT molecular complexity index is 1440. The molecule has 1 aliphatic heterocycles. The molecule has 4 aromatic rings. The quantitative estimate of drug-likeness (QED) is 0.194. The fourth-order valence-electron chi connectivity index (χ4n) is 4.39. The van der Waals surface area contributed by atoms with Gasteiger partial charge in [-0.05, 0) is 67.7 Å². The molecular formula is C28H26ClF2N5O2S. The Morgan fingerprint density at radius 2 is 1.82 bits per heavy atom. The van der Waals surface area contributed by atoms with Gasteiger partial charge in [0, 0.05) is 30.5 Å². The number of benzene rings is 2. The molecule has 1 saturated heterocycles. The van der Waals surface area contributed by atoms with Crippen molar-refractivity contribution in [3.63, 3.8) is 0 Å². The van der Waals surface area contributed by atoms with Gasteiger partial charge in [0.25, 0.3) is 5.91 Å². The van der Waals surface area contributed by atoms with Gasteiger partial charge in [0.05, 0.1) is 34.5 Å². The van der Waals surface area contributed by atoms with Crippen molar-refractivity contribution in [3.05, 3.63) is 82.2 Å². The van der Waals surface area contributed by atoms with Crippen LogP contribution in [0.25, 0.3) is 21.8 Å². The number of ether oxygens (including phenoxy) is 1. The topological polar surface area (TPSA) is 80.2 Å². The number of halogens is 3. The number of anilines is 1. The van der Waals surface area contributed by atoms with Crippen LogP contribution in [0, 0.1) is 11.6 Å². The lowest BCUT2D eigenvalue weighted by Gasteiger charge is -2.26. The van der Waals surface area contributed by atoms with Gasteiger partial charge in [0.1, 0.15) is 17.2 Å². The van der Waals surface area contributed by atoms with Crippen molar-refractivity contribution in [2.75, 3.05) is 38.2 Å². The van der Waals surface area contributed by atoms with E-state index < -0.39 is 23.1 Å². The summed E-state index contributed by atoms with van der Waals surface area (Å²) in [7, 11) is 0. The fourth-order valence-corrected chi connectivity index (χ4v) is 5.64. The number of morpholine rings is 1. The maximum Gasteiger partial charge on any atom is 0.261 e. The number of amides is 1. The number of hydrogen-bond acceptors (Lipinski definition) is 7. The SMILES string of the molecule is O=C(Nc1cccc(-c2nc(CCCCN3CCOCC3)sc2-c2ccnc(Cl)n2)c1)c1c(F)cccc1F. The maximum absolute atomic E-state index is 14.1. The molecule has 0 atom stereocenters. The van der Waals surface area contributed by atoms with Crippen LogP contribution in [0.5, 0.6) is 0 Å². The predicted molar refractivity (Wildman–Crippen MR) is 148 cm³/mol. The van der Waals surface area contributed by atoms with Crippen LogP contribution >= 0.6 is 22.9 Å². The molecule has 0 aliphatic carbocycles. The minimum atomic E-state index is -0.927. The summed E-state index contributed by atoms with van der Waals surface area (Å²) in [6, 6.07) is 12.1. The standard InChI is InChI=1S/C28H26ClF2N5O2S/c29-28-32-11-10-22(34-28)26-25(35-23(39-26)9-1-2-12-36-13-15-38-16-14-36)18-5-3-6-19(17-18)33-27(37)24-20(30)7-4-8-21(24)31/h3-8,10-11,17H,1-2,9,12-16H2,(H,33,37). The van der Waals surface area contributed by atoms with Crippen molar-refractivity contribution in [1.82, 2.24) is 19.9 Å². The number of unbranched alkanes of at least 4 members (excludes halogenated alkanes) is 1. The zero-order valence-electron chi connectivity index (χ0n) is 21.0. The van der Waals surface area contributed by atoms with Gasteiger partial charge in [-0.3, -0.25) is 9.69 Å². The first-order valence-corrected chi connectivity index (χ1v) is 13.8. The monoisotopic (exact) mass is 569 g/mol. The van der Waals surface area contributed by atoms with E-state index in [-0.39, 0.29) is 5.28 Å². The molecule has 2 aromatic carbocycles. The summed E-state index contributed by atoms with van der Waals surface area (Å²) in [5.41, 5.74) is 1.80. The second kappa shape index (κ2) is 12.7. The van der Waals surface area contributed by atoms with Crippen molar-refractivity contribution in [3.8, 4) is 21.8 Å². The van der Waals surface area contributed by atoms with Gasteiger partial charge in [-0.25, -0.2) is 23.7 Å². The van der Waals surface area contributed by atoms with Crippen LogP contribution in [-0.2, 0) is 11.2 Å². The van der Waals surface area contributed by atoms with Crippen LogP contribution in [0.1, 0.15) is 28.2 Å². The Morgan fingerprint density at radius 1 is 1.05 bits per heavy atom. The molecule has 1 N–H and O–H groups in total. The maximum atomic E-state index is 14.1. The third-order valence-corrected chi connectivity index (χ3v) is 7.65. The normalized spacial score (nSPS) is 13.9. The van der Waals surface area contributed by atoms with Gasteiger partial charge >= 0.3 is 0 Å². The zero-order chi connectivity index (χ0) is 27.2. The van der Waals surface area contributed by atoms with Gasteiger partial charge in [-0.2, -0.15) is 0 Å². The first kappa shape index (κ1) is 27.3. The number of thiazole rings is 1. The first-order chi connectivity index (χ1) is 19.0. The number of carbonyl (C=O) groups is 1. The van der Waals surface area contributed by atoms with E-state index in [0.29, 0.717) is 17.1 Å². The van der Waals surface area contributed by atoms with E-state index in [1.807, 2.05) is 6.07 Å². The van der Waals surface area contributed by atoms with Crippen molar-refractivity contribution < 1.29 is 18.3 Å². The molecule has 0 spiro atoms. The van der Waals surface area contributed by atoms with E-state index in [1.165, 1.54) is 6.07 Å². The third-order valence-electron chi connectivity index (χ3n) is 6.33. The van der Waals surface area contributed by atoms with Crippen molar-refractivity contribution in [2.45, 2.75) is 19.3 Å². The summed E-state index contributed by atoms with van der Waals surface area (Å²) < 4.78 is 33.7. The number of aromatic nitrogens is 3. The number of rotatable bonds is 9. The summed E-state index contributed by atoms with van der Waals surface area (Å²) in [6.07, 6.45) is 4.44. The minimum absolute atomic E-state index is 0.131. The minimum Gasteiger partial charge on any atom is -0.379 e. The number of aryl methyl sites for hydroxylation is 1. The van der Waals surface area contributed by atoms with Crippen molar-refractivity contribution in [1.29, 1.82) is 0 Å². The molecule has 0 bridgehead atoms. The van der Waals surface area contributed by atoms with Crippen LogP contribution in [-0.4, -0.2) is 58.6 Å². The highest BCUT2D eigenvalue weighted by molar-refractivity contribution is 7.15. The van der Waals surface area contributed by atoms with E-state index in [1.54, 1.807) is 41.8 Å². The number of carbonyl (C=O) groups excluding carboxylic acids is 1. The van der Waals surface area contributed by atoms with Crippen LogP contribution in [0.15, 0.2) is 54.7 Å². The molecule has 0 saturated carbocycles. The summed E-state index contributed by atoms with van der Waals surface area (Å²) in [5.74, 6) is -2.72. The third kappa shape index (κ3) is 6.83. The second-order valence-electron chi connectivity index (χ2n) is 9.04. The zero-order valence-corrected chi connectivity index (χ0v) is 22.6. The average Bonchev–Trinajstić information content (AvgIpc) is 3.36. The summed E-state index contributed by atoms with van der Waals surface area (Å²) >= 11 is 7.62. The molecule has 202 valence electrons. The smallest absolute Gasteiger partial charge is 0.261 e. The highest BCUT2D eigenvalue weighted by Crippen LogP contribution is 2.37. The Balaban J connectivity index is 1.37. The molecule has 1 amide bonds. The van der Waals surface area contributed by atoms with Gasteiger partial charge in [0.2, 0.25) is 5.28 Å². The van der Waals surface area contributed by atoms with Gasteiger partial charge in [0.15, 0.2) is 0 Å². The molecule has 2 aromatic heterocycles. The highest BCUT2D eigenvalue weighted by atomic mass is 35.5.